The quantitative estimate of drug-likeness (QED) is 0.339. The van der Waals surface area contributed by atoms with Gasteiger partial charge in [-0.05, 0) is 42.7 Å². The Morgan fingerprint density at radius 3 is 2.48 bits per heavy atom. The minimum absolute atomic E-state index is 0.0405. The SMILES string of the molecule is CCCCc1ccc(S(=O)(=O)N2CCN(CC(O)COc3cccc(C(=N)N)c3)CC2)cc1. The number of aryl methyl sites for hydroxylation is 1. The van der Waals surface area contributed by atoms with Gasteiger partial charge in [0.2, 0.25) is 10.0 Å². The molecule has 0 amide bonds. The lowest BCUT2D eigenvalue weighted by atomic mass is 10.1. The van der Waals surface area contributed by atoms with Crippen LogP contribution < -0.4 is 10.5 Å². The van der Waals surface area contributed by atoms with E-state index >= 15 is 0 Å². The zero-order valence-electron chi connectivity index (χ0n) is 19.1. The number of nitrogens with zero attached hydrogens (tertiary/aromatic N) is 2. The Morgan fingerprint density at radius 1 is 1.15 bits per heavy atom. The lowest BCUT2D eigenvalue weighted by Gasteiger charge is -2.34. The molecule has 0 aromatic heterocycles. The maximum absolute atomic E-state index is 13.0. The van der Waals surface area contributed by atoms with E-state index in [9.17, 15) is 13.5 Å². The van der Waals surface area contributed by atoms with Crippen LogP contribution in [0.15, 0.2) is 53.4 Å². The minimum atomic E-state index is -3.52. The molecule has 2 aromatic carbocycles. The largest absolute Gasteiger partial charge is 0.491 e. The number of ether oxygens (including phenoxy) is 1. The number of hydrogen-bond donors (Lipinski definition) is 3. The number of piperazine rings is 1. The molecule has 180 valence electrons. The first-order chi connectivity index (χ1) is 15.8. The lowest BCUT2D eigenvalue weighted by Crippen LogP contribution is -2.50. The van der Waals surface area contributed by atoms with Gasteiger partial charge < -0.3 is 15.6 Å². The molecule has 1 aliphatic heterocycles. The van der Waals surface area contributed by atoms with Gasteiger partial charge in [0, 0.05) is 38.3 Å². The summed E-state index contributed by atoms with van der Waals surface area (Å²) in [5.41, 5.74) is 7.21. The third kappa shape index (κ3) is 7.01. The molecule has 0 spiro atoms. The number of aliphatic hydroxyl groups is 1. The van der Waals surface area contributed by atoms with Crippen LogP contribution in [0, 0.1) is 5.41 Å². The third-order valence-corrected chi connectivity index (χ3v) is 7.68. The molecule has 9 heteroatoms. The van der Waals surface area contributed by atoms with E-state index in [4.69, 9.17) is 15.9 Å². The van der Waals surface area contributed by atoms with Gasteiger partial charge in [-0.15, -0.1) is 0 Å². The Balaban J connectivity index is 1.47. The van der Waals surface area contributed by atoms with Crippen LogP contribution in [0.25, 0.3) is 0 Å². The maximum atomic E-state index is 13.0. The van der Waals surface area contributed by atoms with E-state index in [1.165, 1.54) is 4.31 Å². The summed E-state index contributed by atoms with van der Waals surface area (Å²) in [6.07, 6.45) is 2.45. The van der Waals surface area contributed by atoms with Gasteiger partial charge in [-0.2, -0.15) is 4.31 Å². The molecule has 1 atom stereocenters. The second-order valence-electron chi connectivity index (χ2n) is 8.36. The zero-order chi connectivity index (χ0) is 23.8. The molecule has 0 aliphatic carbocycles. The minimum Gasteiger partial charge on any atom is -0.491 e. The Hall–Kier alpha value is -2.46. The number of benzene rings is 2. The van der Waals surface area contributed by atoms with Crippen molar-refractivity contribution >= 4 is 15.9 Å². The molecule has 0 radical (unpaired) electrons. The van der Waals surface area contributed by atoms with Gasteiger partial charge in [-0.25, -0.2) is 8.42 Å². The summed E-state index contributed by atoms with van der Waals surface area (Å²) in [5, 5.41) is 17.9. The highest BCUT2D eigenvalue weighted by atomic mass is 32.2. The number of nitrogens with two attached hydrogens (primary N) is 1. The highest BCUT2D eigenvalue weighted by molar-refractivity contribution is 7.89. The molecule has 0 bridgehead atoms. The predicted octanol–water partition coefficient (Wildman–Crippen LogP) is 2.06. The predicted molar refractivity (Wildman–Crippen MR) is 129 cm³/mol. The number of rotatable bonds is 11. The summed E-state index contributed by atoms with van der Waals surface area (Å²) in [4.78, 5) is 2.37. The average Bonchev–Trinajstić information content (AvgIpc) is 2.82. The highest BCUT2D eigenvalue weighted by Gasteiger charge is 2.29. The molecular weight excluding hydrogens is 440 g/mol. The van der Waals surface area contributed by atoms with Crippen molar-refractivity contribution in [1.29, 1.82) is 5.41 Å². The second kappa shape index (κ2) is 11.6. The summed E-state index contributed by atoms with van der Waals surface area (Å²) in [5.74, 6) is 0.500. The van der Waals surface area contributed by atoms with E-state index in [-0.39, 0.29) is 12.4 Å². The Morgan fingerprint density at radius 2 is 1.85 bits per heavy atom. The first-order valence-electron chi connectivity index (χ1n) is 11.4. The molecule has 1 heterocycles. The summed E-state index contributed by atoms with van der Waals surface area (Å²) < 4.78 is 33.1. The molecule has 1 unspecified atom stereocenters. The monoisotopic (exact) mass is 474 g/mol. The van der Waals surface area contributed by atoms with Gasteiger partial charge in [0.25, 0.3) is 0 Å². The number of nitrogen functional groups attached to an aromatic ring is 1. The molecule has 33 heavy (non-hydrogen) atoms. The van der Waals surface area contributed by atoms with E-state index in [2.05, 4.69) is 6.92 Å². The molecule has 0 saturated carbocycles. The number of unbranched alkanes of at least 4 members (excludes halogenated alkanes) is 1. The van der Waals surface area contributed by atoms with Crippen molar-refractivity contribution in [2.24, 2.45) is 5.73 Å². The molecule has 3 rings (SSSR count). The summed E-state index contributed by atoms with van der Waals surface area (Å²) in [6, 6.07) is 14.1. The molecule has 1 saturated heterocycles. The topological polar surface area (TPSA) is 120 Å². The van der Waals surface area contributed by atoms with Crippen LogP contribution in [0.2, 0.25) is 0 Å². The molecular formula is C24H34N4O4S. The Labute approximate surface area is 196 Å². The normalized spacial score (nSPS) is 16.4. The number of nitrogens with one attached hydrogen (secondary N) is 1. The fourth-order valence-electron chi connectivity index (χ4n) is 3.81. The third-order valence-electron chi connectivity index (χ3n) is 5.77. The van der Waals surface area contributed by atoms with Crippen LogP contribution in [0.1, 0.15) is 30.9 Å². The van der Waals surface area contributed by atoms with Crippen LogP contribution in [0.4, 0.5) is 0 Å². The van der Waals surface area contributed by atoms with Crippen molar-refractivity contribution < 1.29 is 18.3 Å². The number of amidine groups is 1. The molecule has 2 aromatic rings. The van der Waals surface area contributed by atoms with Crippen molar-refractivity contribution in [3.05, 3.63) is 59.7 Å². The Bertz CT molecular complexity index is 1020. The van der Waals surface area contributed by atoms with Gasteiger partial charge >= 0.3 is 0 Å². The number of hydrogen-bond acceptors (Lipinski definition) is 6. The fraction of sp³-hybridized carbons (Fsp3) is 0.458. The average molecular weight is 475 g/mol. The van der Waals surface area contributed by atoms with Crippen LogP contribution in [-0.4, -0.2) is 74.0 Å². The van der Waals surface area contributed by atoms with E-state index in [0.29, 0.717) is 48.9 Å². The van der Waals surface area contributed by atoms with Crippen LogP contribution >= 0.6 is 0 Å². The van der Waals surface area contributed by atoms with E-state index < -0.39 is 16.1 Å². The number of β-amino-alcohol motifs (C(OH)–C–C–N with tert-alkyl or cyclic N) is 1. The molecule has 1 aliphatic rings. The van der Waals surface area contributed by atoms with E-state index in [1.807, 2.05) is 17.0 Å². The van der Waals surface area contributed by atoms with Crippen molar-refractivity contribution in [3.8, 4) is 5.75 Å². The standard InChI is InChI=1S/C24H34N4O4S/c1-2-3-5-19-8-10-23(11-9-19)33(30,31)28-14-12-27(13-15-28)17-21(29)18-32-22-7-4-6-20(16-22)24(25)26/h4,6-11,16,21,29H,2-3,5,12-15,17-18H2,1H3,(H3,25,26). The van der Waals surface area contributed by atoms with Crippen molar-refractivity contribution in [2.75, 3.05) is 39.3 Å². The van der Waals surface area contributed by atoms with Gasteiger partial charge in [0.1, 0.15) is 24.3 Å². The lowest BCUT2D eigenvalue weighted by molar-refractivity contribution is 0.0569. The van der Waals surface area contributed by atoms with Crippen molar-refractivity contribution in [1.82, 2.24) is 9.21 Å². The first kappa shape index (κ1) is 25.2. The smallest absolute Gasteiger partial charge is 0.243 e. The van der Waals surface area contributed by atoms with Gasteiger partial charge in [-0.3, -0.25) is 10.3 Å². The summed E-state index contributed by atoms with van der Waals surface area (Å²) in [6.45, 7) is 4.49. The summed E-state index contributed by atoms with van der Waals surface area (Å²) >= 11 is 0. The van der Waals surface area contributed by atoms with Crippen LogP contribution in [0.3, 0.4) is 0 Å². The van der Waals surface area contributed by atoms with Gasteiger partial charge in [0.15, 0.2) is 0 Å². The van der Waals surface area contributed by atoms with E-state index in [0.717, 1.165) is 24.8 Å². The first-order valence-corrected chi connectivity index (χ1v) is 12.8. The number of aliphatic hydroxyl groups excluding tert-OH is 1. The fourth-order valence-corrected chi connectivity index (χ4v) is 5.23. The molecule has 4 N–H and O–H groups in total. The summed E-state index contributed by atoms with van der Waals surface area (Å²) in [7, 11) is -3.52. The number of sulfonamides is 1. The van der Waals surface area contributed by atoms with Gasteiger partial charge in [0.05, 0.1) is 4.90 Å². The van der Waals surface area contributed by atoms with Gasteiger partial charge in [-0.1, -0.05) is 37.6 Å². The highest BCUT2D eigenvalue weighted by Crippen LogP contribution is 2.19. The second-order valence-corrected chi connectivity index (χ2v) is 10.3. The zero-order valence-corrected chi connectivity index (χ0v) is 19.9. The van der Waals surface area contributed by atoms with Crippen molar-refractivity contribution in [2.45, 2.75) is 37.2 Å². The Kier molecular flexibility index (Phi) is 8.85. The molecule has 1 fully saturated rings. The van der Waals surface area contributed by atoms with Crippen LogP contribution in [0.5, 0.6) is 5.75 Å². The molecule has 8 nitrogen and oxygen atoms in total. The van der Waals surface area contributed by atoms with E-state index in [1.54, 1.807) is 36.4 Å². The van der Waals surface area contributed by atoms with Crippen LogP contribution in [-0.2, 0) is 16.4 Å². The maximum Gasteiger partial charge on any atom is 0.243 e. The van der Waals surface area contributed by atoms with Crippen molar-refractivity contribution in [3.63, 3.8) is 0 Å².